The summed E-state index contributed by atoms with van der Waals surface area (Å²) in [5, 5.41) is 2.89. The predicted octanol–water partition coefficient (Wildman–Crippen LogP) is 4.33. The Balaban J connectivity index is 2.21. The fourth-order valence-corrected chi connectivity index (χ4v) is 2.63. The zero-order chi connectivity index (χ0) is 14.7. The number of ether oxygens (including phenoxy) is 1. The molecule has 0 aliphatic rings. The Bertz CT molecular complexity index is 653. The number of benzene rings is 2. The molecule has 0 fully saturated rings. The Morgan fingerprint density at radius 1 is 1.15 bits per heavy atom. The van der Waals surface area contributed by atoms with Crippen LogP contribution in [0.4, 0.5) is 5.69 Å². The molecule has 2 aromatic rings. The van der Waals surface area contributed by atoms with Crippen LogP contribution in [-0.4, -0.2) is 13.0 Å². The molecule has 20 heavy (non-hydrogen) atoms. The molecule has 0 bridgehead atoms. The van der Waals surface area contributed by atoms with Gasteiger partial charge in [0.05, 0.1) is 12.7 Å². The predicted molar refractivity (Wildman–Crippen MR) is 84.6 cm³/mol. The lowest BCUT2D eigenvalue weighted by Crippen LogP contribution is -2.12. The summed E-state index contributed by atoms with van der Waals surface area (Å²) in [5.74, 6) is 0.668. The molecule has 104 valence electrons. The minimum Gasteiger partial charge on any atom is -0.496 e. The highest BCUT2D eigenvalue weighted by Crippen LogP contribution is 2.23. The molecule has 4 heteroatoms. The van der Waals surface area contributed by atoms with Crippen LogP contribution in [0.2, 0.25) is 0 Å². The second kappa shape index (κ2) is 6.09. The van der Waals surface area contributed by atoms with Crippen molar-refractivity contribution < 1.29 is 9.53 Å². The molecule has 2 rings (SSSR count). The number of nitrogens with one attached hydrogen (secondary N) is 1. The molecule has 0 atom stereocenters. The summed E-state index contributed by atoms with van der Waals surface area (Å²) in [6, 6.07) is 11.2. The first-order valence-corrected chi connectivity index (χ1v) is 7.02. The lowest BCUT2D eigenvalue weighted by molar-refractivity contribution is 0.102. The van der Waals surface area contributed by atoms with Gasteiger partial charge in [0.1, 0.15) is 5.75 Å². The molecule has 0 spiro atoms. The summed E-state index contributed by atoms with van der Waals surface area (Å²) in [7, 11) is 1.63. The summed E-state index contributed by atoms with van der Waals surface area (Å²) in [6.45, 7) is 3.93. The maximum atomic E-state index is 12.2. The Morgan fingerprint density at radius 3 is 2.50 bits per heavy atom. The number of aryl methyl sites for hydroxylation is 2. The third-order valence-corrected chi connectivity index (χ3v) is 3.68. The van der Waals surface area contributed by atoms with Crippen LogP contribution in [0.1, 0.15) is 21.5 Å². The third kappa shape index (κ3) is 3.20. The number of anilines is 1. The van der Waals surface area contributed by atoms with Crippen LogP contribution in [-0.2, 0) is 0 Å². The van der Waals surface area contributed by atoms with Crippen LogP contribution in [0, 0.1) is 13.8 Å². The number of carbonyl (C=O) groups excluding carboxylic acids is 1. The monoisotopic (exact) mass is 333 g/mol. The molecule has 0 aliphatic heterocycles. The van der Waals surface area contributed by atoms with Gasteiger partial charge in [-0.25, -0.2) is 0 Å². The fourth-order valence-electron chi connectivity index (χ4n) is 1.96. The molecule has 0 saturated heterocycles. The molecule has 0 saturated carbocycles. The van der Waals surface area contributed by atoms with Crippen LogP contribution in [0.5, 0.6) is 5.75 Å². The third-order valence-electron chi connectivity index (χ3n) is 3.02. The van der Waals surface area contributed by atoms with Crippen LogP contribution in [0.15, 0.2) is 40.9 Å². The van der Waals surface area contributed by atoms with Crippen LogP contribution < -0.4 is 10.1 Å². The van der Waals surface area contributed by atoms with Crippen molar-refractivity contribution in [3.8, 4) is 5.75 Å². The molecule has 2 aromatic carbocycles. The molecule has 0 aliphatic carbocycles. The average molecular weight is 334 g/mol. The maximum Gasteiger partial charge on any atom is 0.256 e. The minimum atomic E-state index is -0.138. The van der Waals surface area contributed by atoms with Crippen molar-refractivity contribution in [2.45, 2.75) is 13.8 Å². The van der Waals surface area contributed by atoms with Gasteiger partial charge in [-0.1, -0.05) is 6.07 Å². The summed E-state index contributed by atoms with van der Waals surface area (Å²) in [4.78, 5) is 12.2. The molecule has 0 unspecified atom stereocenters. The molecular formula is C16H16BrNO2. The Labute approximate surface area is 127 Å². The second-order valence-corrected chi connectivity index (χ2v) is 5.48. The number of hydrogen-bond acceptors (Lipinski definition) is 2. The van der Waals surface area contributed by atoms with Gasteiger partial charge in [-0.2, -0.15) is 0 Å². The zero-order valence-corrected chi connectivity index (χ0v) is 13.2. The number of rotatable bonds is 3. The summed E-state index contributed by atoms with van der Waals surface area (Å²) in [6.07, 6.45) is 0. The van der Waals surface area contributed by atoms with Crippen LogP contribution in [0.25, 0.3) is 0 Å². The van der Waals surface area contributed by atoms with Crippen molar-refractivity contribution in [2.75, 3.05) is 12.4 Å². The molecule has 1 amide bonds. The number of halogens is 1. The molecule has 3 nitrogen and oxygen atoms in total. The first kappa shape index (κ1) is 14.6. The molecule has 0 heterocycles. The van der Waals surface area contributed by atoms with E-state index in [2.05, 4.69) is 21.2 Å². The topological polar surface area (TPSA) is 38.3 Å². The van der Waals surface area contributed by atoms with E-state index in [0.29, 0.717) is 5.56 Å². The minimum absolute atomic E-state index is 0.138. The van der Waals surface area contributed by atoms with Gasteiger partial charge in [-0.15, -0.1) is 0 Å². The zero-order valence-electron chi connectivity index (χ0n) is 11.7. The summed E-state index contributed by atoms with van der Waals surface area (Å²) < 4.78 is 5.99. The first-order valence-electron chi connectivity index (χ1n) is 6.23. The number of carbonyl (C=O) groups is 1. The van der Waals surface area contributed by atoms with E-state index >= 15 is 0 Å². The number of hydrogen-bond donors (Lipinski definition) is 1. The SMILES string of the molecule is COc1ccc(NC(=O)c2ccc(C)cc2Br)cc1C. The standard InChI is InChI=1S/C16H16BrNO2/c1-10-4-6-13(14(17)8-10)16(19)18-12-5-7-15(20-3)11(2)9-12/h4-9H,1-3H3,(H,18,19). The van der Waals surface area contributed by atoms with Crippen molar-refractivity contribution in [1.82, 2.24) is 0 Å². The van der Waals surface area contributed by atoms with Crippen molar-refractivity contribution in [1.29, 1.82) is 0 Å². The van der Waals surface area contributed by atoms with Gasteiger partial charge >= 0.3 is 0 Å². The average Bonchev–Trinajstić information content (AvgIpc) is 2.38. The normalized spacial score (nSPS) is 10.2. The van der Waals surface area contributed by atoms with Gasteiger partial charge in [0.2, 0.25) is 0 Å². The van der Waals surface area contributed by atoms with E-state index in [4.69, 9.17) is 4.74 Å². The highest BCUT2D eigenvalue weighted by molar-refractivity contribution is 9.10. The Hall–Kier alpha value is -1.81. The largest absolute Gasteiger partial charge is 0.496 e. The molecule has 0 aromatic heterocycles. The molecule has 1 N–H and O–H groups in total. The van der Waals surface area contributed by atoms with E-state index in [0.717, 1.165) is 27.0 Å². The highest BCUT2D eigenvalue weighted by Gasteiger charge is 2.11. The number of amides is 1. The van der Waals surface area contributed by atoms with Gasteiger partial charge in [-0.05, 0) is 71.2 Å². The van der Waals surface area contributed by atoms with Crippen LogP contribution in [0.3, 0.4) is 0 Å². The van der Waals surface area contributed by atoms with Crippen molar-refractivity contribution in [3.05, 3.63) is 57.6 Å². The van der Waals surface area contributed by atoms with Gasteiger partial charge in [0.15, 0.2) is 0 Å². The second-order valence-electron chi connectivity index (χ2n) is 4.62. The summed E-state index contributed by atoms with van der Waals surface area (Å²) >= 11 is 3.42. The van der Waals surface area contributed by atoms with Gasteiger partial charge in [-0.3, -0.25) is 4.79 Å². The highest BCUT2D eigenvalue weighted by atomic mass is 79.9. The fraction of sp³-hybridized carbons (Fsp3) is 0.188. The Morgan fingerprint density at radius 2 is 1.90 bits per heavy atom. The van der Waals surface area contributed by atoms with Gasteiger partial charge < -0.3 is 10.1 Å². The quantitative estimate of drug-likeness (QED) is 0.907. The summed E-state index contributed by atoms with van der Waals surface area (Å²) in [5.41, 5.74) is 3.45. The van der Waals surface area contributed by atoms with Crippen molar-refractivity contribution >= 4 is 27.5 Å². The van der Waals surface area contributed by atoms with Crippen molar-refractivity contribution in [3.63, 3.8) is 0 Å². The first-order chi connectivity index (χ1) is 9.51. The van der Waals surface area contributed by atoms with E-state index in [9.17, 15) is 4.79 Å². The molecular weight excluding hydrogens is 318 g/mol. The van der Waals surface area contributed by atoms with E-state index in [1.54, 1.807) is 7.11 Å². The van der Waals surface area contributed by atoms with Gasteiger partial charge in [0, 0.05) is 10.2 Å². The van der Waals surface area contributed by atoms with Crippen molar-refractivity contribution in [2.24, 2.45) is 0 Å². The Kier molecular flexibility index (Phi) is 4.45. The molecule has 0 radical (unpaired) electrons. The maximum absolute atomic E-state index is 12.2. The van der Waals surface area contributed by atoms with E-state index in [1.807, 2.05) is 50.2 Å². The van der Waals surface area contributed by atoms with E-state index < -0.39 is 0 Å². The van der Waals surface area contributed by atoms with E-state index in [1.165, 1.54) is 0 Å². The number of methoxy groups -OCH3 is 1. The van der Waals surface area contributed by atoms with E-state index in [-0.39, 0.29) is 5.91 Å². The van der Waals surface area contributed by atoms with Crippen LogP contribution >= 0.6 is 15.9 Å². The smallest absolute Gasteiger partial charge is 0.256 e. The lowest BCUT2D eigenvalue weighted by atomic mass is 10.1. The van der Waals surface area contributed by atoms with Gasteiger partial charge in [0.25, 0.3) is 5.91 Å². The lowest BCUT2D eigenvalue weighted by Gasteiger charge is -2.10.